The van der Waals surface area contributed by atoms with Gasteiger partial charge in [-0.2, -0.15) is 0 Å². The first-order valence-corrected chi connectivity index (χ1v) is 7.55. The highest BCUT2D eigenvalue weighted by atomic mass is 32.1. The molecule has 0 radical (unpaired) electrons. The Kier molecular flexibility index (Phi) is 5.14. The van der Waals surface area contributed by atoms with Gasteiger partial charge in [-0.1, -0.05) is 50.2 Å². The lowest BCUT2D eigenvalue weighted by Gasteiger charge is -2.27. The van der Waals surface area contributed by atoms with Gasteiger partial charge in [-0.15, -0.1) is 11.3 Å². The van der Waals surface area contributed by atoms with Gasteiger partial charge in [0.1, 0.15) is 6.10 Å². The van der Waals surface area contributed by atoms with E-state index in [-0.39, 0.29) is 6.04 Å². The molecule has 2 N–H and O–H groups in total. The summed E-state index contributed by atoms with van der Waals surface area (Å²) in [6, 6.07) is 14.3. The number of nitrogens with one attached hydrogen (secondary N) is 1. The maximum atomic E-state index is 10.5. The summed E-state index contributed by atoms with van der Waals surface area (Å²) in [5.41, 5.74) is 1.24. The van der Waals surface area contributed by atoms with Crippen molar-refractivity contribution in [3.63, 3.8) is 0 Å². The van der Waals surface area contributed by atoms with Gasteiger partial charge in [0.15, 0.2) is 0 Å². The lowest BCUT2D eigenvalue weighted by atomic mass is 9.97. The second kappa shape index (κ2) is 6.85. The van der Waals surface area contributed by atoms with Crippen LogP contribution in [0.25, 0.3) is 0 Å². The van der Waals surface area contributed by atoms with E-state index in [1.54, 1.807) is 11.3 Å². The van der Waals surface area contributed by atoms with E-state index in [2.05, 4.69) is 31.3 Å². The molecule has 0 spiro atoms. The van der Waals surface area contributed by atoms with Crippen molar-refractivity contribution < 1.29 is 5.11 Å². The van der Waals surface area contributed by atoms with Crippen LogP contribution in [0.15, 0.2) is 47.8 Å². The van der Waals surface area contributed by atoms with Gasteiger partial charge < -0.3 is 10.4 Å². The number of aliphatic hydroxyl groups excluding tert-OH is 1. The zero-order valence-electron chi connectivity index (χ0n) is 11.4. The second-order valence-electron chi connectivity index (χ2n) is 5.10. The molecule has 1 heterocycles. The molecule has 19 heavy (non-hydrogen) atoms. The molecule has 3 heteroatoms. The van der Waals surface area contributed by atoms with Crippen molar-refractivity contribution >= 4 is 11.3 Å². The molecule has 2 rings (SSSR count). The first-order chi connectivity index (χ1) is 9.18. The highest BCUT2D eigenvalue weighted by Gasteiger charge is 2.24. The number of hydrogen-bond donors (Lipinski definition) is 2. The van der Waals surface area contributed by atoms with Gasteiger partial charge in [-0.25, -0.2) is 0 Å². The van der Waals surface area contributed by atoms with Crippen LogP contribution in [0.5, 0.6) is 0 Å². The van der Waals surface area contributed by atoms with E-state index in [1.165, 1.54) is 5.56 Å². The Morgan fingerprint density at radius 2 is 1.84 bits per heavy atom. The van der Waals surface area contributed by atoms with Gasteiger partial charge in [-0.05, 0) is 22.9 Å². The summed E-state index contributed by atoms with van der Waals surface area (Å²) in [5.74, 6) is 0.376. The molecule has 2 nitrogen and oxygen atoms in total. The standard InChI is InChI=1S/C16H21NOS/c1-12(2)15(16(18)14-9-6-10-19-14)17-11-13-7-4-3-5-8-13/h3-10,12,15-18H,11H2,1-2H3. The lowest BCUT2D eigenvalue weighted by Crippen LogP contribution is -2.38. The average Bonchev–Trinajstić information content (AvgIpc) is 2.93. The van der Waals surface area contributed by atoms with E-state index in [9.17, 15) is 5.11 Å². The number of rotatable bonds is 6. The second-order valence-corrected chi connectivity index (χ2v) is 6.08. The maximum absolute atomic E-state index is 10.5. The van der Waals surface area contributed by atoms with Crippen molar-refractivity contribution in [1.29, 1.82) is 0 Å². The Balaban J connectivity index is 2.01. The Morgan fingerprint density at radius 1 is 1.11 bits per heavy atom. The quantitative estimate of drug-likeness (QED) is 0.844. The first-order valence-electron chi connectivity index (χ1n) is 6.67. The van der Waals surface area contributed by atoms with E-state index < -0.39 is 6.10 Å². The molecule has 102 valence electrons. The highest BCUT2D eigenvalue weighted by molar-refractivity contribution is 7.10. The first kappa shape index (κ1) is 14.3. The van der Waals surface area contributed by atoms with Crippen molar-refractivity contribution in [2.75, 3.05) is 0 Å². The third-order valence-corrected chi connectivity index (χ3v) is 4.22. The molecule has 0 aliphatic rings. The fraction of sp³-hybridized carbons (Fsp3) is 0.375. The molecule has 0 saturated heterocycles. The Morgan fingerprint density at radius 3 is 2.42 bits per heavy atom. The van der Waals surface area contributed by atoms with Crippen LogP contribution in [0.4, 0.5) is 0 Å². The minimum absolute atomic E-state index is 0.0684. The number of thiophene rings is 1. The summed E-state index contributed by atoms with van der Waals surface area (Å²) in [4.78, 5) is 1.03. The van der Waals surface area contributed by atoms with Crippen molar-refractivity contribution in [1.82, 2.24) is 5.32 Å². The number of benzene rings is 1. The summed E-state index contributed by atoms with van der Waals surface area (Å²) in [7, 11) is 0. The summed E-state index contributed by atoms with van der Waals surface area (Å²) in [5, 5.41) is 16.0. The summed E-state index contributed by atoms with van der Waals surface area (Å²) in [6.45, 7) is 5.06. The van der Waals surface area contributed by atoms with Gasteiger partial charge in [0.05, 0.1) is 0 Å². The molecule has 0 aliphatic heterocycles. The van der Waals surface area contributed by atoms with Crippen LogP contribution in [0.3, 0.4) is 0 Å². The molecule has 0 fully saturated rings. The van der Waals surface area contributed by atoms with Gasteiger partial charge in [0.25, 0.3) is 0 Å². The van der Waals surface area contributed by atoms with E-state index >= 15 is 0 Å². The summed E-state index contributed by atoms with van der Waals surface area (Å²) in [6.07, 6.45) is -0.441. The minimum atomic E-state index is -0.441. The zero-order valence-corrected chi connectivity index (χ0v) is 12.2. The molecule has 0 aliphatic carbocycles. The fourth-order valence-electron chi connectivity index (χ4n) is 2.18. The maximum Gasteiger partial charge on any atom is 0.104 e. The number of aliphatic hydroxyl groups is 1. The van der Waals surface area contributed by atoms with Crippen molar-refractivity contribution in [3.05, 3.63) is 58.3 Å². The molecular weight excluding hydrogens is 254 g/mol. The van der Waals surface area contributed by atoms with Crippen LogP contribution in [0.1, 0.15) is 30.4 Å². The highest BCUT2D eigenvalue weighted by Crippen LogP contribution is 2.25. The van der Waals surface area contributed by atoms with Crippen LogP contribution in [0.2, 0.25) is 0 Å². The van der Waals surface area contributed by atoms with Gasteiger partial charge in [0, 0.05) is 17.5 Å². The normalized spacial score (nSPS) is 14.5. The topological polar surface area (TPSA) is 32.3 Å². The van der Waals surface area contributed by atoms with Gasteiger partial charge in [-0.3, -0.25) is 0 Å². The molecule has 0 saturated carbocycles. The van der Waals surface area contributed by atoms with Crippen LogP contribution >= 0.6 is 11.3 Å². The molecule has 2 aromatic rings. The minimum Gasteiger partial charge on any atom is -0.386 e. The zero-order chi connectivity index (χ0) is 13.7. The van der Waals surface area contributed by atoms with E-state index in [1.807, 2.05) is 35.7 Å². The predicted octanol–water partition coefficient (Wildman–Crippen LogP) is 3.60. The third kappa shape index (κ3) is 3.90. The molecule has 0 amide bonds. The SMILES string of the molecule is CC(C)C(NCc1ccccc1)C(O)c1cccs1. The largest absolute Gasteiger partial charge is 0.386 e. The molecule has 2 atom stereocenters. The monoisotopic (exact) mass is 275 g/mol. The van der Waals surface area contributed by atoms with Crippen LogP contribution < -0.4 is 5.32 Å². The van der Waals surface area contributed by atoms with Crippen molar-refractivity contribution in [2.45, 2.75) is 32.5 Å². The van der Waals surface area contributed by atoms with Crippen molar-refractivity contribution in [2.24, 2.45) is 5.92 Å². The van der Waals surface area contributed by atoms with Gasteiger partial charge >= 0.3 is 0 Å². The molecule has 1 aromatic carbocycles. The van der Waals surface area contributed by atoms with Gasteiger partial charge in [0.2, 0.25) is 0 Å². The fourth-order valence-corrected chi connectivity index (χ4v) is 2.94. The lowest BCUT2D eigenvalue weighted by molar-refractivity contribution is 0.107. The molecule has 0 bridgehead atoms. The summed E-state index contributed by atoms with van der Waals surface area (Å²) < 4.78 is 0. The van der Waals surface area contributed by atoms with E-state index in [4.69, 9.17) is 0 Å². The Bertz CT molecular complexity index is 467. The van der Waals surface area contributed by atoms with Crippen LogP contribution in [0, 0.1) is 5.92 Å². The van der Waals surface area contributed by atoms with E-state index in [0.717, 1.165) is 11.4 Å². The summed E-state index contributed by atoms with van der Waals surface area (Å²) >= 11 is 1.61. The van der Waals surface area contributed by atoms with Crippen LogP contribution in [-0.4, -0.2) is 11.1 Å². The number of hydrogen-bond acceptors (Lipinski definition) is 3. The van der Waals surface area contributed by atoms with Crippen molar-refractivity contribution in [3.8, 4) is 0 Å². The predicted molar refractivity (Wildman–Crippen MR) is 81.2 cm³/mol. The molecule has 1 aromatic heterocycles. The smallest absolute Gasteiger partial charge is 0.104 e. The average molecular weight is 275 g/mol. The van der Waals surface area contributed by atoms with Crippen LogP contribution in [-0.2, 0) is 6.54 Å². The molecule has 2 unspecified atom stereocenters. The third-order valence-electron chi connectivity index (χ3n) is 3.28. The Labute approximate surface area is 119 Å². The van der Waals surface area contributed by atoms with E-state index in [0.29, 0.717) is 5.92 Å². The Hall–Kier alpha value is -1.16. The molecular formula is C16H21NOS.